The number of nitrogens with zero attached hydrogens (tertiary/aromatic N) is 7. The van der Waals surface area contributed by atoms with Gasteiger partial charge in [0.1, 0.15) is 12.1 Å². The van der Waals surface area contributed by atoms with Crippen LogP contribution in [0.4, 0.5) is 26.3 Å². The first-order valence-corrected chi connectivity index (χ1v) is 12.3. The summed E-state index contributed by atoms with van der Waals surface area (Å²) in [5.74, 6) is 0.236. The second kappa shape index (κ2) is 9.92. The van der Waals surface area contributed by atoms with Crippen molar-refractivity contribution in [3.8, 4) is 40.6 Å². The number of hydrogen-bond acceptors (Lipinski definition) is 6. The Balaban J connectivity index is 1.71. The van der Waals surface area contributed by atoms with Crippen molar-refractivity contribution in [1.29, 1.82) is 10.5 Å². The molecule has 0 aliphatic carbocycles. The molecule has 0 saturated carbocycles. The molecule has 0 spiro atoms. The van der Waals surface area contributed by atoms with Gasteiger partial charge in [-0.25, -0.2) is 19.9 Å². The fraction of sp³-hybridized carbons (Fsp3) is 0.0667. The Hall–Kier alpha value is -5.82. The third-order valence-corrected chi connectivity index (χ3v) is 6.72. The van der Waals surface area contributed by atoms with E-state index in [0.29, 0.717) is 16.3 Å². The fourth-order valence-electron chi connectivity index (χ4n) is 4.74. The molecule has 0 amide bonds. The molecule has 0 unspecified atom stereocenters. The second-order valence-electron chi connectivity index (χ2n) is 9.34. The minimum absolute atomic E-state index is 0.00131. The molecule has 0 saturated heterocycles. The lowest BCUT2D eigenvalue weighted by atomic mass is 10.1. The highest BCUT2D eigenvalue weighted by Gasteiger charge is 2.33. The summed E-state index contributed by atoms with van der Waals surface area (Å²) in [6.45, 7) is 0. The van der Waals surface area contributed by atoms with Gasteiger partial charge in [-0.05, 0) is 42.5 Å². The molecule has 0 N–H and O–H groups in total. The minimum atomic E-state index is -4.72. The monoisotopic (exact) mass is 585 g/mol. The smallest absolute Gasteiger partial charge is 0.308 e. The van der Waals surface area contributed by atoms with E-state index < -0.39 is 23.5 Å². The van der Waals surface area contributed by atoms with Crippen LogP contribution in [0.5, 0.6) is 0 Å². The average molecular weight is 585 g/mol. The lowest BCUT2D eigenvalue weighted by Gasteiger charge is -2.16. The van der Waals surface area contributed by atoms with Gasteiger partial charge in [-0.1, -0.05) is 12.1 Å². The number of benzene rings is 3. The lowest BCUT2D eigenvalue weighted by Crippen LogP contribution is -2.06. The minimum Gasteiger partial charge on any atom is -0.308 e. The Morgan fingerprint density at radius 3 is 1.49 bits per heavy atom. The summed E-state index contributed by atoms with van der Waals surface area (Å²) in [4.78, 5) is 16.8. The van der Waals surface area contributed by atoms with Gasteiger partial charge in [0, 0.05) is 46.7 Å². The highest BCUT2D eigenvalue weighted by Crippen LogP contribution is 2.41. The van der Waals surface area contributed by atoms with Crippen molar-refractivity contribution >= 4 is 21.8 Å². The van der Waals surface area contributed by atoms with Gasteiger partial charge in [0.2, 0.25) is 0 Å². The number of alkyl halides is 6. The maximum absolute atomic E-state index is 13.8. The topological polar surface area (TPSA) is 104 Å². The van der Waals surface area contributed by atoms with Gasteiger partial charge in [0.15, 0.2) is 11.6 Å². The summed E-state index contributed by atoms with van der Waals surface area (Å²) in [6.07, 6.45) is -4.35. The first-order valence-electron chi connectivity index (χ1n) is 12.3. The van der Waals surface area contributed by atoms with Crippen molar-refractivity contribution < 1.29 is 26.3 Å². The van der Waals surface area contributed by atoms with Crippen LogP contribution in [-0.4, -0.2) is 24.5 Å². The largest absolute Gasteiger partial charge is 0.416 e. The Morgan fingerprint density at radius 2 is 1.05 bits per heavy atom. The van der Waals surface area contributed by atoms with Gasteiger partial charge in [-0.3, -0.25) is 0 Å². The SMILES string of the molecule is N#Cc1cnc(-c2ccc(-n3c4cc(C(F)(F)F)ccc4c4ccc(C(F)(F)F)cc43)c(-c3ncc(C#N)cn3)c2)nc1. The van der Waals surface area contributed by atoms with Gasteiger partial charge in [0.05, 0.1) is 39.0 Å². The third kappa shape index (κ3) is 4.87. The molecule has 6 rings (SSSR count). The summed E-state index contributed by atoms with van der Waals surface area (Å²) in [6, 6.07) is 14.3. The summed E-state index contributed by atoms with van der Waals surface area (Å²) >= 11 is 0. The molecule has 3 aromatic heterocycles. The molecule has 210 valence electrons. The predicted octanol–water partition coefficient (Wildman–Crippen LogP) is 7.48. The predicted molar refractivity (Wildman–Crippen MR) is 142 cm³/mol. The second-order valence-corrected chi connectivity index (χ2v) is 9.34. The molecule has 0 aliphatic rings. The summed E-state index contributed by atoms with van der Waals surface area (Å²) in [7, 11) is 0. The van der Waals surface area contributed by atoms with E-state index >= 15 is 0 Å². The average Bonchev–Trinajstić information content (AvgIpc) is 3.33. The van der Waals surface area contributed by atoms with Gasteiger partial charge < -0.3 is 4.57 Å². The van der Waals surface area contributed by atoms with Crippen molar-refractivity contribution in [2.24, 2.45) is 0 Å². The van der Waals surface area contributed by atoms with Crippen molar-refractivity contribution in [3.05, 3.63) is 102 Å². The summed E-state index contributed by atoms with van der Waals surface area (Å²) in [5, 5.41) is 18.9. The number of nitriles is 2. The molecule has 13 heteroatoms. The zero-order valence-electron chi connectivity index (χ0n) is 21.4. The molecule has 43 heavy (non-hydrogen) atoms. The van der Waals surface area contributed by atoms with Crippen LogP contribution in [0.15, 0.2) is 79.4 Å². The van der Waals surface area contributed by atoms with Crippen LogP contribution in [-0.2, 0) is 12.4 Å². The molecule has 0 fully saturated rings. The summed E-state index contributed by atoms with van der Waals surface area (Å²) < 4.78 is 84.1. The van der Waals surface area contributed by atoms with Crippen LogP contribution in [0.1, 0.15) is 22.3 Å². The zero-order chi connectivity index (χ0) is 30.5. The van der Waals surface area contributed by atoms with Crippen LogP contribution < -0.4 is 0 Å². The molecule has 3 heterocycles. The molecule has 7 nitrogen and oxygen atoms in total. The molecule has 0 radical (unpaired) electrons. The maximum Gasteiger partial charge on any atom is 0.416 e. The first kappa shape index (κ1) is 27.4. The van der Waals surface area contributed by atoms with Crippen LogP contribution >= 0.6 is 0 Å². The van der Waals surface area contributed by atoms with E-state index in [2.05, 4.69) is 19.9 Å². The van der Waals surface area contributed by atoms with Gasteiger partial charge in [0.25, 0.3) is 0 Å². The van der Waals surface area contributed by atoms with E-state index in [1.54, 1.807) is 6.07 Å². The highest BCUT2D eigenvalue weighted by molar-refractivity contribution is 6.10. The fourth-order valence-corrected chi connectivity index (χ4v) is 4.74. The molecule has 0 bridgehead atoms. The molecular formula is C30H13F6N7. The van der Waals surface area contributed by atoms with E-state index in [-0.39, 0.29) is 45.1 Å². The molecule has 6 aromatic rings. The van der Waals surface area contributed by atoms with Gasteiger partial charge in [-0.15, -0.1) is 0 Å². The first-order chi connectivity index (χ1) is 20.5. The summed E-state index contributed by atoms with van der Waals surface area (Å²) in [5.41, 5.74) is -0.838. The van der Waals surface area contributed by atoms with Crippen LogP contribution in [0, 0.1) is 22.7 Å². The molecular weight excluding hydrogens is 572 g/mol. The number of aromatic nitrogens is 5. The number of halogens is 6. The van der Waals surface area contributed by atoms with E-state index in [1.807, 2.05) is 12.1 Å². The van der Waals surface area contributed by atoms with Gasteiger partial charge in [-0.2, -0.15) is 36.9 Å². The maximum atomic E-state index is 13.8. The Kier molecular flexibility index (Phi) is 6.31. The molecule has 0 atom stereocenters. The van der Waals surface area contributed by atoms with Crippen molar-refractivity contribution in [1.82, 2.24) is 24.5 Å². The highest BCUT2D eigenvalue weighted by atomic mass is 19.4. The van der Waals surface area contributed by atoms with Gasteiger partial charge >= 0.3 is 12.4 Å². The number of rotatable bonds is 3. The van der Waals surface area contributed by atoms with Crippen LogP contribution in [0.2, 0.25) is 0 Å². The van der Waals surface area contributed by atoms with Crippen molar-refractivity contribution in [2.45, 2.75) is 12.4 Å². The number of hydrogen-bond donors (Lipinski definition) is 0. The zero-order valence-corrected chi connectivity index (χ0v) is 21.4. The van der Waals surface area contributed by atoms with E-state index in [9.17, 15) is 31.6 Å². The van der Waals surface area contributed by atoms with Crippen molar-refractivity contribution in [3.63, 3.8) is 0 Å². The van der Waals surface area contributed by atoms with Crippen molar-refractivity contribution in [2.75, 3.05) is 0 Å². The quantitative estimate of drug-likeness (QED) is 0.200. The standard InChI is InChI=1S/C30H13F6N7/c31-29(32,33)19-2-4-21-22-5-3-20(30(34,35)36)9-26(22)43(25(21)8-19)24-6-1-18(27-39-12-16(10-37)13-40-27)7-23(24)28-41-14-17(11-38)15-42-28/h1-9,12-15H. The van der Waals surface area contributed by atoms with E-state index in [4.69, 9.17) is 5.26 Å². The van der Waals surface area contributed by atoms with Crippen LogP contribution in [0.3, 0.4) is 0 Å². The third-order valence-electron chi connectivity index (χ3n) is 6.72. The Bertz CT molecular complexity index is 2040. The molecule has 3 aromatic carbocycles. The number of fused-ring (bicyclic) bond motifs is 3. The van der Waals surface area contributed by atoms with E-state index in [0.717, 1.165) is 24.3 Å². The molecule has 0 aliphatic heterocycles. The Morgan fingerprint density at radius 1 is 0.581 bits per heavy atom. The lowest BCUT2D eigenvalue weighted by molar-refractivity contribution is -0.138. The normalized spacial score (nSPS) is 11.9. The van der Waals surface area contributed by atoms with Crippen LogP contribution in [0.25, 0.3) is 50.3 Å². The Labute approximate surface area is 238 Å². The van der Waals surface area contributed by atoms with E-state index in [1.165, 1.54) is 53.6 Å².